The lowest BCUT2D eigenvalue weighted by atomic mass is 10.0. The first-order valence-corrected chi connectivity index (χ1v) is 15.8. The molecule has 0 saturated heterocycles. The highest BCUT2D eigenvalue weighted by molar-refractivity contribution is 7.92. The highest BCUT2D eigenvalue weighted by atomic mass is 35.5. The lowest BCUT2D eigenvalue weighted by molar-refractivity contribution is -0.141. The van der Waals surface area contributed by atoms with Gasteiger partial charge in [0.25, 0.3) is 0 Å². The monoisotopic (exact) mass is 619 g/mol. The third-order valence-corrected chi connectivity index (χ3v) is 8.40. The lowest BCUT2D eigenvalue weighted by Gasteiger charge is -2.32. The summed E-state index contributed by atoms with van der Waals surface area (Å²) in [6, 6.07) is 20.4. The number of likely N-dealkylation sites (N-methyl/N-ethyl adjacent to an activating group) is 1. The molecule has 0 aliphatic rings. The lowest BCUT2D eigenvalue weighted by Crippen LogP contribution is -2.50. The van der Waals surface area contributed by atoms with Gasteiger partial charge in [0.05, 0.1) is 29.1 Å². The number of hydrogen-bond acceptors (Lipinski definition) is 5. The van der Waals surface area contributed by atoms with Gasteiger partial charge in [0.1, 0.15) is 11.8 Å². The highest BCUT2D eigenvalue weighted by Gasteiger charge is 2.30. The van der Waals surface area contributed by atoms with E-state index in [1.165, 1.54) is 16.3 Å². The number of methoxy groups -OCH3 is 1. The molecular weight excluding hydrogens is 585 g/mol. The van der Waals surface area contributed by atoms with Crippen LogP contribution in [0.1, 0.15) is 30.9 Å². The average molecular weight is 621 g/mol. The van der Waals surface area contributed by atoms with Crippen molar-refractivity contribution in [3.8, 4) is 5.75 Å². The van der Waals surface area contributed by atoms with Crippen LogP contribution >= 0.6 is 23.2 Å². The molecule has 11 heteroatoms. The Morgan fingerprint density at radius 1 is 0.951 bits per heavy atom. The molecule has 0 aliphatic heterocycles. The Balaban J connectivity index is 1.87. The summed E-state index contributed by atoms with van der Waals surface area (Å²) in [5, 5.41) is 3.59. The summed E-state index contributed by atoms with van der Waals surface area (Å²) < 4.78 is 31.6. The maximum atomic E-state index is 13.8. The Kier molecular flexibility index (Phi) is 11.9. The fraction of sp³-hybridized carbons (Fsp3) is 0.333. The number of benzene rings is 3. The van der Waals surface area contributed by atoms with E-state index < -0.39 is 16.1 Å². The van der Waals surface area contributed by atoms with Crippen LogP contribution in [0.25, 0.3) is 0 Å². The Hall–Kier alpha value is -3.27. The Labute approximate surface area is 252 Å². The number of ether oxygens (including phenoxy) is 1. The molecule has 220 valence electrons. The summed E-state index contributed by atoms with van der Waals surface area (Å²) in [4.78, 5) is 28.6. The van der Waals surface area contributed by atoms with Crippen LogP contribution in [0.4, 0.5) is 5.69 Å². The minimum absolute atomic E-state index is 0.0220. The first-order chi connectivity index (χ1) is 19.5. The number of sulfonamides is 1. The van der Waals surface area contributed by atoms with Gasteiger partial charge in [0, 0.05) is 32.5 Å². The van der Waals surface area contributed by atoms with Gasteiger partial charge < -0.3 is 15.0 Å². The third kappa shape index (κ3) is 9.38. The summed E-state index contributed by atoms with van der Waals surface area (Å²) in [5.74, 6) is 0.0392. The first kappa shape index (κ1) is 32.2. The summed E-state index contributed by atoms with van der Waals surface area (Å²) in [5.41, 5.74) is 2.09. The van der Waals surface area contributed by atoms with E-state index in [1.54, 1.807) is 42.5 Å². The average Bonchev–Trinajstić information content (AvgIpc) is 2.95. The van der Waals surface area contributed by atoms with E-state index in [1.807, 2.05) is 37.3 Å². The molecule has 0 heterocycles. The molecule has 41 heavy (non-hydrogen) atoms. The molecule has 0 saturated carbocycles. The maximum Gasteiger partial charge on any atom is 0.243 e. The van der Waals surface area contributed by atoms with Crippen molar-refractivity contribution in [2.24, 2.45) is 0 Å². The van der Waals surface area contributed by atoms with Gasteiger partial charge in [-0.05, 0) is 60.9 Å². The number of carbonyl (C=O) groups excluding carboxylic acids is 2. The minimum atomic E-state index is -3.61. The van der Waals surface area contributed by atoms with Gasteiger partial charge >= 0.3 is 0 Å². The van der Waals surface area contributed by atoms with Crippen molar-refractivity contribution in [3.63, 3.8) is 0 Å². The second kappa shape index (κ2) is 15.1. The second-order valence-corrected chi connectivity index (χ2v) is 12.2. The van der Waals surface area contributed by atoms with Gasteiger partial charge in [-0.2, -0.15) is 0 Å². The fourth-order valence-electron chi connectivity index (χ4n) is 4.43. The number of hydrogen-bond donors (Lipinski definition) is 1. The maximum absolute atomic E-state index is 13.8. The molecule has 0 fully saturated rings. The van der Waals surface area contributed by atoms with Crippen LogP contribution in [-0.4, -0.2) is 57.6 Å². The summed E-state index contributed by atoms with van der Waals surface area (Å²) in [6.07, 6.45) is 1.69. The van der Waals surface area contributed by atoms with Crippen LogP contribution in [0.2, 0.25) is 10.0 Å². The highest BCUT2D eigenvalue weighted by Crippen LogP contribution is 2.25. The normalized spacial score (nSPS) is 11.9. The standard InChI is InChI=1S/C30H35Cl2N3O5S/c1-4-33-30(37)28(20-22-9-6-5-7-10-22)34(21-23-12-17-26(31)27(32)19-23)29(36)11-8-18-35(41(3,38)39)24-13-15-25(40-2)16-14-24/h5-7,9-10,12-17,19,28H,4,8,11,18,20-21H2,1-3H3,(H,33,37). The predicted octanol–water partition coefficient (Wildman–Crippen LogP) is 5.32. The molecular formula is C30H35Cl2N3O5S. The summed E-state index contributed by atoms with van der Waals surface area (Å²) >= 11 is 12.4. The number of halogens is 2. The van der Waals surface area contributed by atoms with Crippen molar-refractivity contribution < 1.29 is 22.7 Å². The van der Waals surface area contributed by atoms with Crippen LogP contribution in [-0.2, 0) is 32.6 Å². The number of rotatable bonds is 14. The van der Waals surface area contributed by atoms with E-state index in [2.05, 4.69) is 5.32 Å². The number of nitrogens with zero attached hydrogens (tertiary/aromatic N) is 2. The van der Waals surface area contributed by atoms with Crippen LogP contribution < -0.4 is 14.4 Å². The van der Waals surface area contributed by atoms with Crippen molar-refractivity contribution >= 4 is 50.7 Å². The topological polar surface area (TPSA) is 96.0 Å². The molecule has 3 aromatic carbocycles. The molecule has 0 bridgehead atoms. The van der Waals surface area contributed by atoms with Gasteiger partial charge in [-0.1, -0.05) is 59.6 Å². The van der Waals surface area contributed by atoms with Gasteiger partial charge in [0.2, 0.25) is 21.8 Å². The van der Waals surface area contributed by atoms with E-state index in [0.717, 1.165) is 11.8 Å². The van der Waals surface area contributed by atoms with Crippen molar-refractivity contribution in [1.29, 1.82) is 0 Å². The number of amides is 2. The summed E-state index contributed by atoms with van der Waals surface area (Å²) in [7, 11) is -2.08. The predicted molar refractivity (Wildman–Crippen MR) is 164 cm³/mol. The largest absolute Gasteiger partial charge is 0.497 e. The molecule has 8 nitrogen and oxygen atoms in total. The molecule has 0 spiro atoms. The van der Waals surface area contributed by atoms with Crippen LogP contribution in [0.5, 0.6) is 5.75 Å². The molecule has 1 N–H and O–H groups in total. The SMILES string of the molecule is CCNC(=O)C(Cc1ccccc1)N(Cc1ccc(Cl)c(Cl)c1)C(=O)CCCN(c1ccc(OC)cc1)S(C)(=O)=O. The molecule has 1 unspecified atom stereocenters. The molecule has 2 amide bonds. The molecule has 1 atom stereocenters. The minimum Gasteiger partial charge on any atom is -0.497 e. The van der Waals surface area contributed by atoms with E-state index in [9.17, 15) is 18.0 Å². The first-order valence-electron chi connectivity index (χ1n) is 13.2. The number of carbonyl (C=O) groups is 2. The molecule has 0 aliphatic carbocycles. The second-order valence-electron chi connectivity index (χ2n) is 9.51. The van der Waals surface area contributed by atoms with Crippen LogP contribution in [0.15, 0.2) is 72.8 Å². The number of anilines is 1. The van der Waals surface area contributed by atoms with Gasteiger partial charge in [0.15, 0.2) is 0 Å². The Morgan fingerprint density at radius 2 is 1.63 bits per heavy atom. The van der Waals surface area contributed by atoms with E-state index in [4.69, 9.17) is 27.9 Å². The van der Waals surface area contributed by atoms with Crippen molar-refractivity contribution in [1.82, 2.24) is 10.2 Å². The molecule has 0 radical (unpaired) electrons. The quantitative estimate of drug-likeness (QED) is 0.263. The molecule has 3 aromatic rings. The molecule has 3 rings (SSSR count). The zero-order chi connectivity index (χ0) is 30.0. The molecule has 0 aromatic heterocycles. The van der Waals surface area contributed by atoms with E-state index >= 15 is 0 Å². The Morgan fingerprint density at radius 3 is 2.22 bits per heavy atom. The smallest absolute Gasteiger partial charge is 0.243 e. The van der Waals surface area contributed by atoms with E-state index in [0.29, 0.717) is 40.0 Å². The Bertz CT molecular complexity index is 1420. The van der Waals surface area contributed by atoms with Crippen LogP contribution in [0, 0.1) is 0 Å². The van der Waals surface area contributed by atoms with Gasteiger partial charge in [-0.3, -0.25) is 13.9 Å². The van der Waals surface area contributed by atoms with Crippen molar-refractivity contribution in [2.75, 3.05) is 30.8 Å². The zero-order valence-corrected chi connectivity index (χ0v) is 25.7. The summed E-state index contributed by atoms with van der Waals surface area (Å²) in [6.45, 7) is 2.44. The fourth-order valence-corrected chi connectivity index (χ4v) is 5.72. The third-order valence-electron chi connectivity index (χ3n) is 6.47. The zero-order valence-electron chi connectivity index (χ0n) is 23.3. The van der Waals surface area contributed by atoms with Gasteiger partial charge in [-0.15, -0.1) is 0 Å². The van der Waals surface area contributed by atoms with Gasteiger partial charge in [-0.25, -0.2) is 8.42 Å². The van der Waals surface area contributed by atoms with Crippen molar-refractivity contribution in [2.45, 2.75) is 38.8 Å². The van der Waals surface area contributed by atoms with Crippen LogP contribution in [0.3, 0.4) is 0 Å². The van der Waals surface area contributed by atoms with Crippen molar-refractivity contribution in [3.05, 3.63) is 94.0 Å². The number of nitrogens with one attached hydrogen (secondary N) is 1. The van der Waals surface area contributed by atoms with E-state index in [-0.39, 0.29) is 37.7 Å².